The summed E-state index contributed by atoms with van der Waals surface area (Å²) in [6.07, 6.45) is 2.19. The van der Waals surface area contributed by atoms with Crippen molar-refractivity contribution in [1.82, 2.24) is 0 Å². The standard InChI is InChI=1S/C8H16N2OS/c9-5-7(8(10)11)6-1-3-12-4-2-6/h6-7H,1-5,9H2,(H2,10,11). The van der Waals surface area contributed by atoms with Gasteiger partial charge in [0.1, 0.15) is 0 Å². The van der Waals surface area contributed by atoms with Crippen molar-refractivity contribution >= 4 is 17.7 Å². The molecular weight excluding hydrogens is 172 g/mol. The Kier molecular flexibility index (Phi) is 3.88. The monoisotopic (exact) mass is 188 g/mol. The molecule has 12 heavy (non-hydrogen) atoms. The topological polar surface area (TPSA) is 69.1 Å². The van der Waals surface area contributed by atoms with E-state index in [-0.39, 0.29) is 11.8 Å². The summed E-state index contributed by atoms with van der Waals surface area (Å²) in [7, 11) is 0. The van der Waals surface area contributed by atoms with Crippen LogP contribution in [0.1, 0.15) is 12.8 Å². The molecule has 1 heterocycles. The van der Waals surface area contributed by atoms with E-state index in [0.29, 0.717) is 12.5 Å². The van der Waals surface area contributed by atoms with Gasteiger partial charge in [-0.25, -0.2) is 0 Å². The first-order chi connectivity index (χ1) is 5.75. The number of carbonyl (C=O) groups excluding carboxylic acids is 1. The Balaban J connectivity index is 2.46. The maximum atomic E-state index is 11.0. The highest BCUT2D eigenvalue weighted by Crippen LogP contribution is 2.28. The van der Waals surface area contributed by atoms with Crippen LogP contribution in [-0.2, 0) is 4.79 Å². The van der Waals surface area contributed by atoms with Gasteiger partial charge in [0.15, 0.2) is 0 Å². The predicted octanol–water partition coefficient (Wildman–Crippen LogP) is 0.190. The Morgan fingerprint density at radius 1 is 1.50 bits per heavy atom. The molecule has 1 aliphatic rings. The van der Waals surface area contributed by atoms with Gasteiger partial charge in [0, 0.05) is 6.54 Å². The van der Waals surface area contributed by atoms with E-state index in [1.165, 1.54) is 0 Å². The minimum absolute atomic E-state index is 0.0918. The number of rotatable bonds is 3. The number of primary amides is 1. The van der Waals surface area contributed by atoms with Crippen LogP contribution in [0, 0.1) is 11.8 Å². The molecular formula is C8H16N2OS. The lowest BCUT2D eigenvalue weighted by Gasteiger charge is -2.26. The molecule has 0 bridgehead atoms. The second-order valence-corrected chi connectivity index (χ2v) is 4.42. The summed E-state index contributed by atoms with van der Waals surface area (Å²) in [5.41, 5.74) is 10.7. The van der Waals surface area contributed by atoms with Crippen LogP contribution >= 0.6 is 11.8 Å². The number of amides is 1. The van der Waals surface area contributed by atoms with E-state index in [0.717, 1.165) is 24.3 Å². The van der Waals surface area contributed by atoms with Crippen LogP contribution in [0.25, 0.3) is 0 Å². The Morgan fingerprint density at radius 2 is 2.08 bits per heavy atom. The van der Waals surface area contributed by atoms with Crippen molar-refractivity contribution < 1.29 is 4.79 Å². The summed E-state index contributed by atoms with van der Waals surface area (Å²) in [4.78, 5) is 11.0. The Bertz CT molecular complexity index is 157. The second kappa shape index (κ2) is 4.72. The number of hydrogen-bond acceptors (Lipinski definition) is 3. The third-order valence-electron chi connectivity index (χ3n) is 2.45. The summed E-state index contributed by atoms with van der Waals surface area (Å²) in [6.45, 7) is 0.407. The molecule has 1 rings (SSSR count). The van der Waals surface area contributed by atoms with Gasteiger partial charge in [-0.2, -0.15) is 11.8 Å². The van der Waals surface area contributed by atoms with Gasteiger partial charge in [-0.15, -0.1) is 0 Å². The molecule has 1 fully saturated rings. The van der Waals surface area contributed by atoms with Crippen LogP contribution < -0.4 is 11.5 Å². The molecule has 3 nitrogen and oxygen atoms in total. The van der Waals surface area contributed by atoms with Crippen LogP contribution in [0.3, 0.4) is 0 Å². The third kappa shape index (κ3) is 2.38. The van der Waals surface area contributed by atoms with Gasteiger partial charge in [0.25, 0.3) is 0 Å². The van der Waals surface area contributed by atoms with Crippen LogP contribution in [0.2, 0.25) is 0 Å². The number of thioether (sulfide) groups is 1. The van der Waals surface area contributed by atoms with E-state index in [1.807, 2.05) is 11.8 Å². The minimum Gasteiger partial charge on any atom is -0.369 e. The van der Waals surface area contributed by atoms with Crippen molar-refractivity contribution in [2.75, 3.05) is 18.1 Å². The fraction of sp³-hybridized carbons (Fsp3) is 0.875. The number of nitrogens with two attached hydrogens (primary N) is 2. The molecule has 0 aliphatic carbocycles. The fourth-order valence-electron chi connectivity index (χ4n) is 1.66. The van der Waals surface area contributed by atoms with Crippen molar-refractivity contribution in [2.24, 2.45) is 23.3 Å². The van der Waals surface area contributed by atoms with Crippen LogP contribution in [0.4, 0.5) is 0 Å². The second-order valence-electron chi connectivity index (χ2n) is 3.19. The zero-order valence-electron chi connectivity index (χ0n) is 7.16. The summed E-state index contributed by atoms with van der Waals surface area (Å²) < 4.78 is 0. The van der Waals surface area contributed by atoms with Crippen LogP contribution in [0.5, 0.6) is 0 Å². The first-order valence-electron chi connectivity index (χ1n) is 4.33. The largest absolute Gasteiger partial charge is 0.369 e. The first kappa shape index (κ1) is 9.86. The van der Waals surface area contributed by atoms with E-state index in [2.05, 4.69) is 0 Å². The number of hydrogen-bond donors (Lipinski definition) is 2. The molecule has 70 valence electrons. The molecule has 0 aromatic carbocycles. The molecule has 4 N–H and O–H groups in total. The zero-order valence-corrected chi connectivity index (χ0v) is 7.98. The minimum atomic E-state index is -0.227. The first-order valence-corrected chi connectivity index (χ1v) is 5.48. The average molecular weight is 188 g/mol. The van der Waals surface area contributed by atoms with E-state index in [1.54, 1.807) is 0 Å². The maximum Gasteiger partial charge on any atom is 0.222 e. The van der Waals surface area contributed by atoms with Crippen molar-refractivity contribution in [3.8, 4) is 0 Å². The number of carbonyl (C=O) groups is 1. The third-order valence-corrected chi connectivity index (χ3v) is 3.50. The van der Waals surface area contributed by atoms with Gasteiger partial charge in [-0.05, 0) is 30.3 Å². The quantitative estimate of drug-likeness (QED) is 0.664. The van der Waals surface area contributed by atoms with Crippen molar-refractivity contribution in [1.29, 1.82) is 0 Å². The SMILES string of the molecule is NCC(C(N)=O)C1CCSCC1. The van der Waals surface area contributed by atoms with Gasteiger partial charge in [-0.1, -0.05) is 0 Å². The molecule has 1 amide bonds. The lowest BCUT2D eigenvalue weighted by molar-refractivity contribution is -0.123. The van der Waals surface area contributed by atoms with Gasteiger partial charge in [0.05, 0.1) is 5.92 Å². The fourth-order valence-corrected chi connectivity index (χ4v) is 2.80. The summed E-state index contributed by atoms with van der Waals surface area (Å²) >= 11 is 1.95. The van der Waals surface area contributed by atoms with Gasteiger partial charge >= 0.3 is 0 Å². The Labute approximate surface area is 77.3 Å². The van der Waals surface area contributed by atoms with E-state index in [4.69, 9.17) is 11.5 Å². The van der Waals surface area contributed by atoms with Crippen LogP contribution in [-0.4, -0.2) is 24.0 Å². The smallest absolute Gasteiger partial charge is 0.222 e. The average Bonchev–Trinajstić information content (AvgIpc) is 2.07. The molecule has 0 radical (unpaired) electrons. The lowest BCUT2D eigenvalue weighted by Crippen LogP contribution is -2.37. The Hall–Kier alpha value is -0.220. The van der Waals surface area contributed by atoms with E-state index < -0.39 is 0 Å². The maximum absolute atomic E-state index is 11.0. The lowest BCUT2D eigenvalue weighted by atomic mass is 9.87. The predicted molar refractivity (Wildman–Crippen MR) is 51.8 cm³/mol. The summed E-state index contributed by atoms with van der Waals surface area (Å²) in [5, 5.41) is 0. The molecule has 1 saturated heterocycles. The van der Waals surface area contributed by atoms with Crippen LogP contribution in [0.15, 0.2) is 0 Å². The van der Waals surface area contributed by atoms with Crippen molar-refractivity contribution in [2.45, 2.75) is 12.8 Å². The molecule has 4 heteroatoms. The van der Waals surface area contributed by atoms with E-state index >= 15 is 0 Å². The molecule has 1 atom stereocenters. The molecule has 0 aromatic heterocycles. The molecule has 1 aliphatic heterocycles. The van der Waals surface area contributed by atoms with Gasteiger partial charge < -0.3 is 11.5 Å². The molecule has 0 spiro atoms. The van der Waals surface area contributed by atoms with Crippen molar-refractivity contribution in [3.63, 3.8) is 0 Å². The van der Waals surface area contributed by atoms with Crippen molar-refractivity contribution in [3.05, 3.63) is 0 Å². The highest BCUT2D eigenvalue weighted by atomic mass is 32.2. The Morgan fingerprint density at radius 3 is 2.50 bits per heavy atom. The summed E-state index contributed by atoms with van der Waals surface area (Å²) in [6, 6.07) is 0. The van der Waals surface area contributed by atoms with Gasteiger partial charge in [0.2, 0.25) is 5.91 Å². The molecule has 1 unspecified atom stereocenters. The molecule has 0 saturated carbocycles. The molecule has 0 aromatic rings. The van der Waals surface area contributed by atoms with E-state index in [9.17, 15) is 4.79 Å². The van der Waals surface area contributed by atoms with Gasteiger partial charge in [-0.3, -0.25) is 4.79 Å². The summed E-state index contributed by atoms with van der Waals surface area (Å²) in [5.74, 6) is 2.41. The highest BCUT2D eigenvalue weighted by molar-refractivity contribution is 7.99. The zero-order chi connectivity index (χ0) is 8.97. The highest BCUT2D eigenvalue weighted by Gasteiger charge is 2.26. The normalized spacial score (nSPS) is 22.1.